The summed E-state index contributed by atoms with van der Waals surface area (Å²) < 4.78 is 0. The topological polar surface area (TPSA) is 127 Å². The van der Waals surface area contributed by atoms with Crippen LogP contribution >= 0.6 is 0 Å². The van der Waals surface area contributed by atoms with E-state index in [1.54, 1.807) is 18.2 Å². The van der Waals surface area contributed by atoms with Crippen LogP contribution in [0.1, 0.15) is 40.0 Å². The number of carbonyl (C=O) groups excluding carboxylic acids is 4. The average Bonchev–Trinajstić information content (AvgIpc) is 3.21. The van der Waals surface area contributed by atoms with Crippen LogP contribution in [0.25, 0.3) is 0 Å². The van der Waals surface area contributed by atoms with Crippen LogP contribution in [0.5, 0.6) is 0 Å². The minimum atomic E-state index is -1.39. The van der Waals surface area contributed by atoms with Gasteiger partial charge in [0.15, 0.2) is 6.29 Å². The average molecular weight is 373 g/mol. The lowest BCUT2D eigenvalue weighted by Crippen LogP contribution is -2.54. The summed E-state index contributed by atoms with van der Waals surface area (Å²) >= 11 is 0. The molecule has 4 rings (SSSR count). The number of anilines is 1. The first kappa shape index (κ1) is 17.6. The number of aliphatic hydroxyl groups excluding tert-OH is 1. The zero-order chi connectivity index (χ0) is 19.3. The van der Waals surface area contributed by atoms with Gasteiger partial charge in [0.1, 0.15) is 6.04 Å². The molecule has 27 heavy (non-hydrogen) atoms. The minimum absolute atomic E-state index is 0.0771. The second kappa shape index (κ2) is 6.43. The number of nitrogens with zero attached hydrogens (tertiary/aromatic N) is 2. The molecule has 3 N–H and O–H groups in total. The van der Waals surface area contributed by atoms with Crippen molar-refractivity contribution in [2.75, 3.05) is 18.0 Å². The van der Waals surface area contributed by atoms with Gasteiger partial charge in [0, 0.05) is 31.1 Å². The molecule has 9 heteroatoms. The Kier molecular flexibility index (Phi) is 4.20. The van der Waals surface area contributed by atoms with Gasteiger partial charge in [-0.3, -0.25) is 29.4 Å². The van der Waals surface area contributed by atoms with Crippen LogP contribution in [0.2, 0.25) is 0 Å². The summed E-state index contributed by atoms with van der Waals surface area (Å²) in [6, 6.07) is 3.89. The summed E-state index contributed by atoms with van der Waals surface area (Å²) in [5.74, 6) is -2.41. The number of rotatable bonds is 3. The van der Waals surface area contributed by atoms with Gasteiger partial charge >= 0.3 is 0 Å². The molecule has 1 aromatic rings. The van der Waals surface area contributed by atoms with Crippen LogP contribution in [-0.2, 0) is 9.59 Å². The fraction of sp³-hybridized carbons (Fsp3) is 0.444. The smallest absolute Gasteiger partial charge is 0.262 e. The third kappa shape index (κ3) is 2.88. The molecule has 2 fully saturated rings. The van der Waals surface area contributed by atoms with Crippen molar-refractivity contribution in [2.45, 2.75) is 31.6 Å². The molecule has 0 bridgehead atoms. The van der Waals surface area contributed by atoms with Crippen molar-refractivity contribution in [3.8, 4) is 0 Å². The van der Waals surface area contributed by atoms with Gasteiger partial charge in [-0.1, -0.05) is 0 Å². The molecule has 3 aliphatic rings. The number of nitrogens with one attached hydrogen (secondary N) is 1. The van der Waals surface area contributed by atoms with Gasteiger partial charge < -0.3 is 15.1 Å². The van der Waals surface area contributed by atoms with E-state index >= 15 is 0 Å². The van der Waals surface area contributed by atoms with Gasteiger partial charge in [-0.05, 0) is 31.0 Å². The number of piperidine rings is 1. The zero-order valence-electron chi connectivity index (χ0n) is 14.4. The van der Waals surface area contributed by atoms with Gasteiger partial charge in [0.05, 0.1) is 11.1 Å². The fourth-order valence-corrected chi connectivity index (χ4v) is 3.92. The second-order valence-electron chi connectivity index (χ2n) is 7.09. The Hall–Kier alpha value is -2.78. The standard InChI is InChI=1S/C18H19N3O6/c22-14-4-3-13(15(23)19-14)21-16(24)11-2-1-10(7-12(11)17(21)25)20-6-5-9(8-20)18(26)27/h1-2,7,9,13,18,26-27H,3-6,8H2,(H,19,22,23)/t9-,13?/m1/s1. The van der Waals surface area contributed by atoms with Crippen molar-refractivity contribution >= 4 is 29.3 Å². The molecule has 0 aromatic heterocycles. The summed E-state index contributed by atoms with van der Waals surface area (Å²) in [5, 5.41) is 20.8. The molecule has 142 valence electrons. The van der Waals surface area contributed by atoms with Crippen molar-refractivity contribution in [3.63, 3.8) is 0 Å². The fourth-order valence-electron chi connectivity index (χ4n) is 3.92. The highest BCUT2D eigenvalue weighted by molar-refractivity contribution is 6.23. The van der Waals surface area contributed by atoms with Crippen LogP contribution in [-0.4, -0.2) is 64.2 Å². The molecular weight excluding hydrogens is 354 g/mol. The molecule has 0 aliphatic carbocycles. The first-order chi connectivity index (χ1) is 12.9. The third-order valence-electron chi connectivity index (χ3n) is 5.43. The highest BCUT2D eigenvalue weighted by atomic mass is 16.5. The number of hydrogen-bond donors (Lipinski definition) is 3. The number of fused-ring (bicyclic) bond motifs is 1. The maximum absolute atomic E-state index is 12.8. The summed E-state index contributed by atoms with van der Waals surface area (Å²) in [6.07, 6.45) is -0.584. The maximum atomic E-state index is 12.8. The Labute approximate surface area is 154 Å². The summed E-state index contributed by atoms with van der Waals surface area (Å²) in [5.41, 5.74) is 1.16. The molecule has 4 amide bonds. The molecule has 3 heterocycles. The summed E-state index contributed by atoms with van der Waals surface area (Å²) in [7, 11) is 0. The number of carbonyl (C=O) groups is 4. The molecule has 1 aromatic carbocycles. The lowest BCUT2D eigenvalue weighted by molar-refractivity contribution is -0.136. The molecule has 1 unspecified atom stereocenters. The molecule has 2 saturated heterocycles. The van der Waals surface area contributed by atoms with E-state index in [4.69, 9.17) is 0 Å². The predicted molar refractivity (Wildman–Crippen MR) is 91.7 cm³/mol. The van der Waals surface area contributed by atoms with Crippen molar-refractivity contribution in [2.24, 2.45) is 5.92 Å². The first-order valence-electron chi connectivity index (χ1n) is 8.83. The number of hydrogen-bond acceptors (Lipinski definition) is 7. The SMILES string of the molecule is O=C1CCC(N2C(=O)c3ccc(N4CC[C@@H](C(O)O)C4)cc3C2=O)C(=O)N1. The molecule has 3 aliphatic heterocycles. The lowest BCUT2D eigenvalue weighted by Gasteiger charge is -2.27. The maximum Gasteiger partial charge on any atom is 0.262 e. The summed E-state index contributed by atoms with van der Waals surface area (Å²) in [6.45, 7) is 1.05. The van der Waals surface area contributed by atoms with Crippen LogP contribution in [0.15, 0.2) is 18.2 Å². The zero-order valence-corrected chi connectivity index (χ0v) is 14.4. The van der Waals surface area contributed by atoms with Crippen molar-refractivity contribution in [1.29, 1.82) is 0 Å². The predicted octanol–water partition coefficient (Wildman–Crippen LogP) is -0.775. The van der Waals surface area contributed by atoms with Gasteiger partial charge in [-0.25, -0.2) is 0 Å². The highest BCUT2D eigenvalue weighted by Gasteiger charge is 2.44. The van der Waals surface area contributed by atoms with E-state index in [-0.39, 0.29) is 29.9 Å². The Morgan fingerprint density at radius 1 is 1.04 bits per heavy atom. The van der Waals surface area contributed by atoms with Crippen LogP contribution in [0.3, 0.4) is 0 Å². The van der Waals surface area contributed by atoms with Gasteiger partial charge in [0.25, 0.3) is 11.8 Å². The van der Waals surface area contributed by atoms with Gasteiger partial charge in [-0.2, -0.15) is 0 Å². The molecule has 0 saturated carbocycles. The third-order valence-corrected chi connectivity index (χ3v) is 5.43. The monoisotopic (exact) mass is 373 g/mol. The Morgan fingerprint density at radius 3 is 2.44 bits per heavy atom. The first-order valence-corrected chi connectivity index (χ1v) is 8.83. The highest BCUT2D eigenvalue weighted by Crippen LogP contribution is 2.32. The van der Waals surface area contributed by atoms with Crippen molar-refractivity contribution in [3.05, 3.63) is 29.3 Å². The van der Waals surface area contributed by atoms with E-state index in [9.17, 15) is 29.4 Å². The van der Waals surface area contributed by atoms with E-state index in [2.05, 4.69) is 5.32 Å². The summed E-state index contributed by atoms with van der Waals surface area (Å²) in [4.78, 5) is 51.7. The number of aliphatic hydroxyl groups is 2. The molecule has 2 atom stereocenters. The van der Waals surface area contributed by atoms with E-state index < -0.39 is 36.0 Å². The van der Waals surface area contributed by atoms with Gasteiger partial charge in [-0.15, -0.1) is 0 Å². The number of imide groups is 2. The van der Waals surface area contributed by atoms with Crippen LogP contribution < -0.4 is 10.2 Å². The van der Waals surface area contributed by atoms with Crippen LogP contribution in [0.4, 0.5) is 5.69 Å². The minimum Gasteiger partial charge on any atom is -0.371 e. The Balaban J connectivity index is 1.59. The number of benzene rings is 1. The lowest BCUT2D eigenvalue weighted by atomic mass is 10.0. The molecular formula is C18H19N3O6. The quantitative estimate of drug-likeness (QED) is 0.469. The second-order valence-corrected chi connectivity index (χ2v) is 7.09. The van der Waals surface area contributed by atoms with E-state index in [0.717, 1.165) is 4.90 Å². The molecule has 0 radical (unpaired) electrons. The van der Waals surface area contributed by atoms with Crippen LogP contribution in [0, 0.1) is 5.92 Å². The van der Waals surface area contributed by atoms with Gasteiger partial charge in [0.2, 0.25) is 11.8 Å². The Morgan fingerprint density at radius 2 is 1.78 bits per heavy atom. The molecule has 9 nitrogen and oxygen atoms in total. The normalized spacial score (nSPS) is 25.4. The number of amides is 4. The van der Waals surface area contributed by atoms with E-state index in [1.807, 2.05) is 4.90 Å². The van der Waals surface area contributed by atoms with E-state index in [1.165, 1.54) is 0 Å². The Bertz CT molecular complexity index is 851. The van der Waals surface area contributed by atoms with E-state index in [0.29, 0.717) is 25.2 Å². The molecule has 0 spiro atoms. The van der Waals surface area contributed by atoms with Crippen molar-refractivity contribution in [1.82, 2.24) is 10.2 Å². The largest absolute Gasteiger partial charge is 0.371 e. The van der Waals surface area contributed by atoms with Crippen molar-refractivity contribution < 1.29 is 29.4 Å².